The van der Waals surface area contributed by atoms with Crippen LogP contribution in [-0.4, -0.2) is 41.6 Å². The van der Waals surface area contributed by atoms with Gasteiger partial charge in [-0.3, -0.25) is 30.4 Å². The fraction of sp³-hybridized carbons (Fsp3) is 0.389. The van der Waals surface area contributed by atoms with E-state index in [1.165, 1.54) is 13.2 Å². The van der Waals surface area contributed by atoms with E-state index >= 15 is 0 Å². The van der Waals surface area contributed by atoms with Gasteiger partial charge in [-0.05, 0) is 30.9 Å². The summed E-state index contributed by atoms with van der Waals surface area (Å²) < 4.78 is 10.7. The molecule has 1 unspecified atom stereocenters. The number of carbonyl (C=O) groups excluding carboxylic acids is 3. The van der Waals surface area contributed by atoms with Crippen LogP contribution in [0.5, 0.6) is 5.75 Å². The average molecular weight is 375 g/mol. The molecule has 1 atom stereocenters. The number of hydrazine groups is 1. The van der Waals surface area contributed by atoms with Crippen molar-refractivity contribution >= 4 is 29.2 Å². The van der Waals surface area contributed by atoms with Gasteiger partial charge in [0.05, 0.1) is 7.11 Å². The molecule has 1 aliphatic carbocycles. The Hall–Kier alpha value is -3.07. The van der Waals surface area contributed by atoms with E-state index in [1.54, 1.807) is 18.2 Å². The zero-order valence-electron chi connectivity index (χ0n) is 14.8. The third-order valence-electron chi connectivity index (χ3n) is 4.76. The third-order valence-corrected chi connectivity index (χ3v) is 4.76. The van der Waals surface area contributed by atoms with Gasteiger partial charge < -0.3 is 9.15 Å². The number of nitrogens with zero attached hydrogens (tertiary/aromatic N) is 1. The smallest absolute Gasteiger partial charge is 0.305 e. The Morgan fingerprint density at radius 2 is 2.07 bits per heavy atom. The van der Waals surface area contributed by atoms with Gasteiger partial charge in [0.2, 0.25) is 6.41 Å². The van der Waals surface area contributed by atoms with E-state index in [9.17, 15) is 19.6 Å². The molecule has 0 saturated heterocycles. The first-order chi connectivity index (χ1) is 13.0. The minimum atomic E-state index is -1.05. The minimum absolute atomic E-state index is 0.0107. The van der Waals surface area contributed by atoms with Crippen LogP contribution in [0.2, 0.25) is 0 Å². The lowest BCUT2D eigenvalue weighted by molar-refractivity contribution is -0.172. The van der Waals surface area contributed by atoms with Gasteiger partial charge in [-0.1, -0.05) is 25.0 Å². The minimum Gasteiger partial charge on any atom is -0.493 e. The van der Waals surface area contributed by atoms with Crippen molar-refractivity contribution < 1.29 is 28.7 Å². The van der Waals surface area contributed by atoms with Crippen LogP contribution in [-0.2, 0) is 9.59 Å². The topological polar surface area (TPSA) is 121 Å². The highest BCUT2D eigenvalue weighted by Crippen LogP contribution is 2.30. The van der Waals surface area contributed by atoms with E-state index in [2.05, 4.69) is 10.9 Å². The van der Waals surface area contributed by atoms with Gasteiger partial charge in [-0.25, -0.2) is 5.06 Å². The summed E-state index contributed by atoms with van der Waals surface area (Å²) in [5.41, 5.74) is 4.93. The van der Waals surface area contributed by atoms with Crippen LogP contribution in [0.15, 0.2) is 28.7 Å². The van der Waals surface area contributed by atoms with Gasteiger partial charge >= 0.3 is 5.91 Å². The molecule has 1 fully saturated rings. The zero-order chi connectivity index (χ0) is 19.4. The average Bonchev–Trinajstić information content (AvgIpc) is 3.35. The zero-order valence-corrected chi connectivity index (χ0v) is 14.8. The highest BCUT2D eigenvalue weighted by molar-refractivity contribution is 5.98. The second-order valence-electron chi connectivity index (χ2n) is 6.41. The van der Waals surface area contributed by atoms with Crippen molar-refractivity contribution in [1.82, 2.24) is 15.9 Å². The monoisotopic (exact) mass is 375 g/mol. The van der Waals surface area contributed by atoms with Crippen LogP contribution in [0.1, 0.15) is 36.2 Å². The molecule has 144 valence electrons. The molecule has 9 nitrogen and oxygen atoms in total. The van der Waals surface area contributed by atoms with Crippen LogP contribution >= 0.6 is 0 Å². The number of benzene rings is 1. The lowest BCUT2D eigenvalue weighted by Crippen LogP contribution is -2.53. The molecule has 1 aromatic carbocycles. The Labute approximate surface area is 155 Å². The number of para-hydroxylation sites is 1. The first-order valence-electron chi connectivity index (χ1n) is 8.64. The number of nitrogens with one attached hydrogen (secondary N) is 2. The summed E-state index contributed by atoms with van der Waals surface area (Å²) in [7, 11) is 1.49. The summed E-state index contributed by atoms with van der Waals surface area (Å²) in [5.74, 6) is -1.02. The molecule has 0 spiro atoms. The Bertz CT molecular complexity index is 843. The van der Waals surface area contributed by atoms with Crippen LogP contribution in [0.25, 0.3) is 11.0 Å². The normalized spacial score (nSPS) is 15.3. The molecule has 1 heterocycles. The van der Waals surface area contributed by atoms with Gasteiger partial charge in [-0.15, -0.1) is 0 Å². The number of amides is 3. The first-order valence-corrected chi connectivity index (χ1v) is 8.64. The van der Waals surface area contributed by atoms with Crippen molar-refractivity contribution in [3.63, 3.8) is 0 Å². The molecule has 1 aromatic heterocycles. The number of ether oxygens (including phenoxy) is 1. The molecule has 2 aromatic rings. The van der Waals surface area contributed by atoms with E-state index in [1.807, 2.05) is 0 Å². The summed E-state index contributed by atoms with van der Waals surface area (Å²) in [6.45, 7) is 0. The molecule has 0 bridgehead atoms. The quantitative estimate of drug-likeness (QED) is 0.401. The Morgan fingerprint density at radius 1 is 1.33 bits per heavy atom. The van der Waals surface area contributed by atoms with Crippen LogP contribution < -0.4 is 15.6 Å². The van der Waals surface area contributed by atoms with Gasteiger partial charge in [0, 0.05) is 5.39 Å². The molecular formula is C18H21N3O6. The lowest BCUT2D eigenvalue weighted by Gasteiger charge is -2.26. The van der Waals surface area contributed by atoms with E-state index in [0.717, 1.165) is 25.7 Å². The molecule has 3 rings (SSSR count). The maximum Gasteiger partial charge on any atom is 0.305 e. The predicted octanol–water partition coefficient (Wildman–Crippen LogP) is 1.61. The fourth-order valence-corrected chi connectivity index (χ4v) is 3.45. The van der Waals surface area contributed by atoms with E-state index in [0.29, 0.717) is 21.8 Å². The second-order valence-corrected chi connectivity index (χ2v) is 6.41. The number of hydroxylamine groups is 2. The van der Waals surface area contributed by atoms with Crippen LogP contribution in [0.4, 0.5) is 0 Å². The number of fused-ring (bicyclic) bond motifs is 1. The van der Waals surface area contributed by atoms with Crippen molar-refractivity contribution in [2.75, 3.05) is 7.11 Å². The van der Waals surface area contributed by atoms with Gasteiger partial charge in [0.15, 0.2) is 17.1 Å². The molecule has 0 radical (unpaired) electrons. The predicted molar refractivity (Wildman–Crippen MR) is 93.8 cm³/mol. The first kappa shape index (κ1) is 18.7. The highest BCUT2D eigenvalue weighted by Gasteiger charge is 2.35. The van der Waals surface area contributed by atoms with Gasteiger partial charge in [0.25, 0.3) is 5.91 Å². The Morgan fingerprint density at radius 3 is 2.74 bits per heavy atom. The summed E-state index contributed by atoms with van der Waals surface area (Å²) in [6.07, 6.45) is 3.49. The summed E-state index contributed by atoms with van der Waals surface area (Å²) in [5, 5.41) is 10.8. The van der Waals surface area contributed by atoms with E-state index in [4.69, 9.17) is 9.15 Å². The van der Waals surface area contributed by atoms with Crippen LogP contribution in [0.3, 0.4) is 0 Å². The van der Waals surface area contributed by atoms with Crippen molar-refractivity contribution in [2.24, 2.45) is 5.92 Å². The number of carbonyl (C=O) groups is 3. The second kappa shape index (κ2) is 8.09. The molecule has 3 N–H and O–H groups in total. The van der Waals surface area contributed by atoms with Crippen molar-refractivity contribution in [3.05, 3.63) is 30.0 Å². The standard InChI is InChI=1S/C18H21N3O6/c1-26-13-8-4-7-12-9-14(27-16(12)13)17(23)19-20-18(24)15(21(25)10-22)11-5-2-3-6-11/h4,7-11,15,25H,2-3,5-6H2,1H3,(H,19,23)(H,20,24). The van der Waals surface area contributed by atoms with Gasteiger partial charge in [0.1, 0.15) is 6.04 Å². The third kappa shape index (κ3) is 3.87. The highest BCUT2D eigenvalue weighted by atomic mass is 16.5. The number of methoxy groups -OCH3 is 1. The molecular weight excluding hydrogens is 354 g/mol. The number of hydrogen-bond acceptors (Lipinski definition) is 6. The maximum atomic E-state index is 12.4. The summed E-state index contributed by atoms with van der Waals surface area (Å²) in [6, 6.07) is 5.71. The van der Waals surface area contributed by atoms with Crippen molar-refractivity contribution in [2.45, 2.75) is 31.7 Å². The molecule has 9 heteroatoms. The lowest BCUT2D eigenvalue weighted by atomic mass is 9.97. The molecule has 27 heavy (non-hydrogen) atoms. The molecule has 1 saturated carbocycles. The number of furan rings is 1. The maximum absolute atomic E-state index is 12.4. The van der Waals surface area contributed by atoms with Crippen LogP contribution in [0, 0.1) is 5.92 Å². The molecule has 0 aliphatic heterocycles. The number of hydrogen-bond donors (Lipinski definition) is 3. The summed E-state index contributed by atoms with van der Waals surface area (Å²) in [4.78, 5) is 35.6. The SMILES string of the molecule is COc1cccc2cc(C(=O)NNC(=O)C(C3CCCC3)N(O)C=O)oc12. The number of rotatable bonds is 6. The van der Waals surface area contributed by atoms with E-state index in [-0.39, 0.29) is 18.1 Å². The fourth-order valence-electron chi connectivity index (χ4n) is 3.45. The summed E-state index contributed by atoms with van der Waals surface area (Å²) >= 11 is 0. The molecule has 1 aliphatic rings. The molecule has 3 amide bonds. The largest absolute Gasteiger partial charge is 0.493 e. The van der Waals surface area contributed by atoms with Crippen molar-refractivity contribution in [1.29, 1.82) is 0 Å². The van der Waals surface area contributed by atoms with E-state index < -0.39 is 17.9 Å². The van der Waals surface area contributed by atoms with Crippen molar-refractivity contribution in [3.8, 4) is 5.75 Å². The van der Waals surface area contributed by atoms with Gasteiger partial charge in [-0.2, -0.15) is 0 Å². The Balaban J connectivity index is 1.68. The Kier molecular flexibility index (Phi) is 5.60.